The molecule has 1 rings (SSSR count). The van der Waals surface area contributed by atoms with Crippen LogP contribution in [-0.2, 0) is 0 Å². The van der Waals surface area contributed by atoms with Gasteiger partial charge in [-0.2, -0.15) is 5.26 Å². The molecule has 1 saturated heterocycles. The molecule has 0 saturated carbocycles. The van der Waals surface area contributed by atoms with Crippen LogP contribution in [0.5, 0.6) is 0 Å². The van der Waals surface area contributed by atoms with Crippen LogP contribution in [0.2, 0.25) is 0 Å². The number of rotatable bonds is 2. The highest BCUT2D eigenvalue weighted by Crippen LogP contribution is 2.34. The maximum absolute atomic E-state index is 9.06. The van der Waals surface area contributed by atoms with Crippen LogP contribution in [0.1, 0.15) is 40.5 Å². The first kappa shape index (κ1) is 11.5. The normalized spacial score (nSPS) is 21.1. The number of piperidine rings is 1. The second kappa shape index (κ2) is 4.31. The van der Waals surface area contributed by atoms with E-state index in [1.165, 1.54) is 12.8 Å². The predicted molar refractivity (Wildman–Crippen MR) is 58.8 cm³/mol. The predicted octanol–water partition coefficient (Wildman–Crippen LogP) is 2.66. The third-order valence-corrected chi connectivity index (χ3v) is 3.57. The molecule has 1 aliphatic rings. The molecule has 0 aromatic carbocycles. The monoisotopic (exact) mass is 194 g/mol. The van der Waals surface area contributed by atoms with Crippen molar-refractivity contribution in [1.29, 1.82) is 5.26 Å². The van der Waals surface area contributed by atoms with Gasteiger partial charge in [-0.3, -0.25) is 0 Å². The molecule has 0 bridgehead atoms. The Balaban J connectivity index is 2.48. The lowest BCUT2D eigenvalue weighted by Crippen LogP contribution is -2.41. The minimum absolute atomic E-state index is 0.136. The van der Waals surface area contributed by atoms with Crippen LogP contribution in [-0.4, -0.2) is 24.0 Å². The summed E-state index contributed by atoms with van der Waals surface area (Å²) < 4.78 is 0. The van der Waals surface area contributed by atoms with Crippen molar-refractivity contribution in [3.63, 3.8) is 0 Å². The molecule has 1 heterocycles. The van der Waals surface area contributed by atoms with E-state index in [2.05, 4.69) is 38.7 Å². The number of hydrogen-bond donors (Lipinski definition) is 0. The largest absolute Gasteiger partial charge is 0.301 e. The zero-order valence-electron chi connectivity index (χ0n) is 9.88. The number of likely N-dealkylation sites (tertiary alicyclic amines) is 1. The highest BCUT2D eigenvalue weighted by molar-refractivity contribution is 4.98. The summed E-state index contributed by atoms with van der Waals surface area (Å²) in [4.78, 5) is 2.50. The lowest BCUT2D eigenvalue weighted by Gasteiger charge is -2.38. The van der Waals surface area contributed by atoms with Crippen molar-refractivity contribution in [1.82, 2.24) is 4.90 Å². The Labute approximate surface area is 87.9 Å². The Hall–Kier alpha value is -0.550. The van der Waals surface area contributed by atoms with Crippen LogP contribution in [0.3, 0.4) is 0 Å². The van der Waals surface area contributed by atoms with E-state index >= 15 is 0 Å². The fraction of sp³-hybridized carbons (Fsp3) is 0.917. The molecule has 2 heteroatoms. The third kappa shape index (κ3) is 2.48. The molecule has 0 aromatic heterocycles. The molecule has 0 atom stereocenters. The van der Waals surface area contributed by atoms with E-state index in [1.54, 1.807) is 0 Å². The van der Waals surface area contributed by atoms with Gasteiger partial charge in [-0.25, -0.2) is 0 Å². The van der Waals surface area contributed by atoms with E-state index < -0.39 is 0 Å². The molecule has 14 heavy (non-hydrogen) atoms. The van der Waals surface area contributed by atoms with Gasteiger partial charge in [0.25, 0.3) is 0 Å². The molecule has 80 valence electrons. The highest BCUT2D eigenvalue weighted by Gasteiger charge is 2.32. The summed E-state index contributed by atoms with van der Waals surface area (Å²) in [5.41, 5.74) is -0.136. The van der Waals surface area contributed by atoms with E-state index in [-0.39, 0.29) is 5.41 Å². The van der Waals surface area contributed by atoms with Gasteiger partial charge in [0.15, 0.2) is 0 Å². The minimum atomic E-state index is -0.136. The van der Waals surface area contributed by atoms with Gasteiger partial charge < -0.3 is 4.90 Å². The van der Waals surface area contributed by atoms with Crippen molar-refractivity contribution in [2.45, 2.75) is 46.6 Å². The Morgan fingerprint density at radius 3 is 2.14 bits per heavy atom. The molecule has 0 aromatic rings. The first-order valence-corrected chi connectivity index (χ1v) is 5.62. The summed E-state index contributed by atoms with van der Waals surface area (Å²) in [6.45, 7) is 11.0. The average molecular weight is 194 g/mol. The minimum Gasteiger partial charge on any atom is -0.301 e. The quantitative estimate of drug-likeness (QED) is 0.675. The third-order valence-electron chi connectivity index (χ3n) is 3.57. The van der Waals surface area contributed by atoms with Gasteiger partial charge in [0, 0.05) is 6.04 Å². The van der Waals surface area contributed by atoms with E-state index in [0.29, 0.717) is 12.0 Å². The van der Waals surface area contributed by atoms with Crippen LogP contribution < -0.4 is 0 Å². The molecule has 1 aliphatic heterocycles. The molecular formula is C12H22N2. The van der Waals surface area contributed by atoms with Crippen LogP contribution in [0.4, 0.5) is 0 Å². The van der Waals surface area contributed by atoms with Crippen molar-refractivity contribution in [2.75, 3.05) is 13.1 Å². The van der Waals surface area contributed by atoms with Gasteiger partial charge >= 0.3 is 0 Å². The van der Waals surface area contributed by atoms with Crippen molar-refractivity contribution in [3.05, 3.63) is 0 Å². The summed E-state index contributed by atoms with van der Waals surface area (Å²) in [5, 5.41) is 9.06. The van der Waals surface area contributed by atoms with Crippen molar-refractivity contribution < 1.29 is 0 Å². The van der Waals surface area contributed by atoms with Gasteiger partial charge in [0.05, 0.1) is 11.5 Å². The topological polar surface area (TPSA) is 27.0 Å². The molecule has 0 radical (unpaired) electrons. The summed E-state index contributed by atoms with van der Waals surface area (Å²) in [6, 6.07) is 3.09. The van der Waals surface area contributed by atoms with Gasteiger partial charge in [-0.15, -0.1) is 0 Å². The van der Waals surface area contributed by atoms with Crippen LogP contribution >= 0.6 is 0 Å². The second-order valence-corrected chi connectivity index (χ2v) is 5.24. The van der Waals surface area contributed by atoms with Crippen LogP contribution in [0, 0.1) is 22.7 Å². The second-order valence-electron chi connectivity index (χ2n) is 5.24. The fourth-order valence-electron chi connectivity index (χ4n) is 2.23. The number of hydrogen-bond acceptors (Lipinski definition) is 2. The molecule has 2 nitrogen and oxygen atoms in total. The molecule has 0 unspecified atom stereocenters. The Kier molecular flexibility index (Phi) is 3.55. The molecule has 0 N–H and O–H groups in total. The SMILES string of the molecule is CC(C)N1CCC(C(C)(C)C#N)CC1. The van der Waals surface area contributed by atoms with E-state index in [1.807, 2.05) is 0 Å². The molecule has 1 fully saturated rings. The van der Waals surface area contributed by atoms with E-state index in [0.717, 1.165) is 13.1 Å². The van der Waals surface area contributed by atoms with Gasteiger partial charge in [0.2, 0.25) is 0 Å². The van der Waals surface area contributed by atoms with Gasteiger partial charge in [-0.1, -0.05) is 0 Å². The maximum Gasteiger partial charge on any atom is 0.0686 e. The van der Waals surface area contributed by atoms with Crippen molar-refractivity contribution in [3.8, 4) is 6.07 Å². The fourth-order valence-corrected chi connectivity index (χ4v) is 2.23. The van der Waals surface area contributed by atoms with E-state index in [9.17, 15) is 0 Å². The molecule has 0 amide bonds. The summed E-state index contributed by atoms with van der Waals surface area (Å²) in [6.07, 6.45) is 2.36. The Morgan fingerprint density at radius 2 is 1.79 bits per heavy atom. The summed E-state index contributed by atoms with van der Waals surface area (Å²) >= 11 is 0. The van der Waals surface area contributed by atoms with Crippen LogP contribution in [0.25, 0.3) is 0 Å². The van der Waals surface area contributed by atoms with E-state index in [4.69, 9.17) is 5.26 Å². The zero-order valence-corrected chi connectivity index (χ0v) is 9.88. The Morgan fingerprint density at radius 1 is 1.29 bits per heavy atom. The lowest BCUT2D eigenvalue weighted by molar-refractivity contribution is 0.108. The molecule has 0 aliphatic carbocycles. The molecule has 0 spiro atoms. The number of nitriles is 1. The standard InChI is InChI=1S/C12H22N2/c1-10(2)14-7-5-11(6-8-14)12(3,4)9-13/h10-11H,5-8H2,1-4H3. The highest BCUT2D eigenvalue weighted by atomic mass is 15.1. The lowest BCUT2D eigenvalue weighted by atomic mass is 9.75. The maximum atomic E-state index is 9.06. The smallest absolute Gasteiger partial charge is 0.0686 e. The first-order valence-electron chi connectivity index (χ1n) is 5.62. The average Bonchev–Trinajstić information content (AvgIpc) is 2.18. The van der Waals surface area contributed by atoms with Gasteiger partial charge in [-0.05, 0) is 59.5 Å². The molecular weight excluding hydrogens is 172 g/mol. The van der Waals surface area contributed by atoms with Gasteiger partial charge in [0.1, 0.15) is 0 Å². The summed E-state index contributed by atoms with van der Waals surface area (Å²) in [7, 11) is 0. The Bertz CT molecular complexity index is 217. The number of nitrogens with zero attached hydrogens (tertiary/aromatic N) is 2. The van der Waals surface area contributed by atoms with Crippen molar-refractivity contribution in [2.24, 2.45) is 11.3 Å². The van der Waals surface area contributed by atoms with Crippen molar-refractivity contribution >= 4 is 0 Å². The summed E-state index contributed by atoms with van der Waals surface area (Å²) in [5.74, 6) is 0.586. The van der Waals surface area contributed by atoms with Crippen LogP contribution in [0.15, 0.2) is 0 Å². The zero-order chi connectivity index (χ0) is 10.8. The first-order chi connectivity index (χ1) is 6.47.